The summed E-state index contributed by atoms with van der Waals surface area (Å²) in [6, 6.07) is 0. The van der Waals surface area contributed by atoms with Gasteiger partial charge in [0, 0.05) is 39.3 Å². The Labute approximate surface area is 208 Å². The number of hydrogen-bond acceptors (Lipinski definition) is 15. The topological polar surface area (TPSA) is 227 Å². The van der Waals surface area contributed by atoms with Crippen molar-refractivity contribution in [3.05, 3.63) is 6.33 Å². The maximum absolute atomic E-state index is 11.8. The van der Waals surface area contributed by atoms with Crippen molar-refractivity contribution in [1.82, 2.24) is 29.9 Å². The van der Waals surface area contributed by atoms with Gasteiger partial charge in [0.05, 0.1) is 19.4 Å². The number of aromatic nitrogens is 6. The van der Waals surface area contributed by atoms with Crippen LogP contribution in [0, 0.1) is 0 Å². The number of unbranched alkanes of at least 4 members (excludes halogenated alkanes) is 1. The number of anilines is 5. The highest BCUT2D eigenvalue weighted by Crippen LogP contribution is 2.09. The molecular formula is C20H34N12O4. The highest BCUT2D eigenvalue weighted by molar-refractivity contribution is 5.70. The monoisotopic (exact) mass is 506 g/mol. The number of rotatable bonds is 19. The molecule has 0 aliphatic rings. The Kier molecular flexibility index (Phi) is 12.9. The van der Waals surface area contributed by atoms with Crippen LogP contribution in [0.3, 0.4) is 0 Å². The summed E-state index contributed by atoms with van der Waals surface area (Å²) in [7, 11) is 0. The highest BCUT2D eigenvalue weighted by atomic mass is 16.5. The van der Waals surface area contributed by atoms with Crippen molar-refractivity contribution in [2.24, 2.45) is 5.73 Å². The van der Waals surface area contributed by atoms with E-state index in [9.17, 15) is 9.59 Å². The fourth-order valence-corrected chi connectivity index (χ4v) is 2.57. The third kappa shape index (κ3) is 11.9. The number of nitrogens with two attached hydrogens (primary N) is 1. The molecule has 2 heterocycles. The molecule has 0 aromatic carbocycles. The first kappa shape index (κ1) is 28.2. The van der Waals surface area contributed by atoms with Crippen molar-refractivity contribution >= 4 is 41.7 Å². The first-order chi connectivity index (χ1) is 17.5. The van der Waals surface area contributed by atoms with Gasteiger partial charge in [0.25, 0.3) is 0 Å². The van der Waals surface area contributed by atoms with Gasteiger partial charge in [-0.3, -0.25) is 9.59 Å². The van der Waals surface area contributed by atoms with Gasteiger partial charge in [0.2, 0.25) is 29.7 Å². The molecule has 0 bridgehead atoms. The molecule has 0 radical (unpaired) electrons. The Bertz CT molecular complexity index is 949. The summed E-state index contributed by atoms with van der Waals surface area (Å²) in [5.74, 6) is 0.382. The zero-order chi connectivity index (χ0) is 26.0. The molecule has 16 heteroatoms. The van der Waals surface area contributed by atoms with Gasteiger partial charge in [-0.05, 0) is 6.42 Å². The smallest absolute Gasteiger partial charge is 0.307 e. The Morgan fingerprint density at radius 1 is 0.806 bits per heavy atom. The second kappa shape index (κ2) is 16.5. The predicted octanol–water partition coefficient (Wildman–Crippen LogP) is -0.0169. The third-order valence-electron chi connectivity index (χ3n) is 4.32. The van der Waals surface area contributed by atoms with Crippen LogP contribution in [0.4, 0.5) is 29.7 Å². The number of carboxylic acids is 1. The largest absolute Gasteiger partial charge is 0.481 e. The third-order valence-corrected chi connectivity index (χ3v) is 4.32. The molecule has 2 aromatic rings. The van der Waals surface area contributed by atoms with Crippen molar-refractivity contribution in [2.75, 3.05) is 72.5 Å². The zero-order valence-corrected chi connectivity index (χ0v) is 20.3. The standard InChI is InChI=1S/C20H34N12O4/c1-2-3-12-36-15(35)5-8-23-18-30-19(24-9-6-21)32-20(31-18)26-11-10-25-17-28-13-27-16(29-17)22-7-4-14(33)34/h13H,2-12,21H2,1H3,(H,33,34)(H2,22,25,27,28,29)(H3,23,24,26,30,31,32). The lowest BCUT2D eigenvalue weighted by atomic mass is 10.3. The lowest BCUT2D eigenvalue weighted by molar-refractivity contribution is -0.143. The van der Waals surface area contributed by atoms with Gasteiger partial charge in [-0.1, -0.05) is 13.3 Å². The lowest BCUT2D eigenvalue weighted by Gasteiger charge is -2.11. The van der Waals surface area contributed by atoms with Gasteiger partial charge < -0.3 is 42.2 Å². The average Bonchev–Trinajstić information content (AvgIpc) is 2.85. The molecule has 0 unspecified atom stereocenters. The van der Waals surface area contributed by atoms with Crippen molar-refractivity contribution in [1.29, 1.82) is 0 Å². The summed E-state index contributed by atoms with van der Waals surface area (Å²) in [6.45, 7) is 4.72. The molecule has 0 spiro atoms. The normalized spacial score (nSPS) is 10.4. The lowest BCUT2D eigenvalue weighted by Crippen LogP contribution is -2.20. The summed E-state index contributed by atoms with van der Waals surface area (Å²) >= 11 is 0. The minimum atomic E-state index is -0.913. The Hall–Kier alpha value is -4.08. The van der Waals surface area contributed by atoms with Crippen LogP contribution in [0.25, 0.3) is 0 Å². The van der Waals surface area contributed by atoms with E-state index in [0.717, 1.165) is 12.8 Å². The molecule has 0 saturated heterocycles. The molecule has 0 saturated carbocycles. The molecule has 0 aliphatic carbocycles. The Morgan fingerprint density at radius 3 is 1.89 bits per heavy atom. The van der Waals surface area contributed by atoms with Gasteiger partial charge in [-0.25, -0.2) is 9.97 Å². The number of nitrogens with one attached hydrogen (secondary N) is 5. The molecule has 8 N–H and O–H groups in total. The SMILES string of the molecule is CCCCOC(=O)CCNc1nc(NCCN)nc(NCCNc2ncnc(NCCC(=O)O)n2)n1. The quantitative estimate of drug-likeness (QED) is 0.0980. The molecule has 36 heavy (non-hydrogen) atoms. The molecule has 16 nitrogen and oxygen atoms in total. The van der Waals surface area contributed by atoms with Gasteiger partial charge in [-0.15, -0.1) is 0 Å². The van der Waals surface area contributed by atoms with Gasteiger partial charge in [0.15, 0.2) is 0 Å². The Balaban J connectivity index is 1.84. The maximum Gasteiger partial charge on any atom is 0.307 e. The summed E-state index contributed by atoms with van der Waals surface area (Å²) < 4.78 is 5.14. The summed E-state index contributed by atoms with van der Waals surface area (Å²) in [5, 5.41) is 23.7. The van der Waals surface area contributed by atoms with E-state index >= 15 is 0 Å². The second-order valence-electron chi connectivity index (χ2n) is 7.33. The van der Waals surface area contributed by atoms with Crippen molar-refractivity contribution < 1.29 is 19.4 Å². The highest BCUT2D eigenvalue weighted by Gasteiger charge is 2.08. The number of carbonyl (C=O) groups excluding carboxylic acids is 1. The predicted molar refractivity (Wildman–Crippen MR) is 134 cm³/mol. The Morgan fingerprint density at radius 2 is 1.31 bits per heavy atom. The van der Waals surface area contributed by atoms with Crippen molar-refractivity contribution in [3.63, 3.8) is 0 Å². The molecular weight excluding hydrogens is 472 g/mol. The van der Waals surface area contributed by atoms with Gasteiger partial charge >= 0.3 is 11.9 Å². The molecule has 0 atom stereocenters. The summed E-state index contributed by atoms with van der Waals surface area (Å²) in [4.78, 5) is 47.5. The number of carbonyl (C=O) groups is 2. The minimum absolute atomic E-state index is 0.0493. The number of nitrogens with zero attached hydrogens (tertiary/aromatic N) is 6. The molecule has 0 aliphatic heterocycles. The van der Waals surface area contributed by atoms with E-state index in [1.807, 2.05) is 6.92 Å². The fraction of sp³-hybridized carbons (Fsp3) is 0.600. The summed E-state index contributed by atoms with van der Waals surface area (Å²) in [5.41, 5.74) is 5.55. The number of ether oxygens (including phenoxy) is 1. The zero-order valence-electron chi connectivity index (χ0n) is 20.3. The number of carboxylic acid groups (broad SMARTS) is 1. The van der Waals surface area contributed by atoms with Crippen LogP contribution in [-0.4, -0.2) is 92.8 Å². The van der Waals surface area contributed by atoms with Crippen LogP contribution < -0.4 is 32.3 Å². The maximum atomic E-state index is 11.8. The van der Waals surface area contributed by atoms with Crippen LogP contribution in [0.1, 0.15) is 32.6 Å². The molecule has 0 fully saturated rings. The number of aliphatic carboxylic acids is 1. The van der Waals surface area contributed by atoms with Crippen LogP contribution in [-0.2, 0) is 14.3 Å². The van der Waals surface area contributed by atoms with E-state index in [1.165, 1.54) is 6.33 Å². The van der Waals surface area contributed by atoms with E-state index in [2.05, 4.69) is 56.5 Å². The number of hydrogen-bond donors (Lipinski definition) is 7. The number of esters is 1. The van der Waals surface area contributed by atoms with E-state index in [0.29, 0.717) is 63.1 Å². The molecule has 2 rings (SSSR count). The van der Waals surface area contributed by atoms with Gasteiger partial charge in [0.1, 0.15) is 6.33 Å². The molecule has 2 aromatic heterocycles. The van der Waals surface area contributed by atoms with Crippen LogP contribution in [0.2, 0.25) is 0 Å². The van der Waals surface area contributed by atoms with Crippen LogP contribution in [0.15, 0.2) is 6.33 Å². The summed E-state index contributed by atoms with van der Waals surface area (Å²) in [6.07, 6.45) is 3.26. The van der Waals surface area contributed by atoms with Crippen LogP contribution in [0.5, 0.6) is 0 Å². The van der Waals surface area contributed by atoms with E-state index in [-0.39, 0.29) is 31.3 Å². The van der Waals surface area contributed by atoms with Crippen molar-refractivity contribution in [2.45, 2.75) is 32.6 Å². The average molecular weight is 507 g/mol. The van der Waals surface area contributed by atoms with E-state index in [4.69, 9.17) is 15.6 Å². The van der Waals surface area contributed by atoms with Gasteiger partial charge in [-0.2, -0.15) is 19.9 Å². The molecule has 198 valence electrons. The first-order valence-electron chi connectivity index (χ1n) is 11.7. The van der Waals surface area contributed by atoms with E-state index < -0.39 is 5.97 Å². The minimum Gasteiger partial charge on any atom is -0.481 e. The fourth-order valence-electron chi connectivity index (χ4n) is 2.57. The van der Waals surface area contributed by atoms with E-state index in [1.54, 1.807) is 0 Å². The van der Waals surface area contributed by atoms with Crippen LogP contribution >= 0.6 is 0 Å². The second-order valence-corrected chi connectivity index (χ2v) is 7.33. The van der Waals surface area contributed by atoms with Crippen molar-refractivity contribution in [3.8, 4) is 0 Å². The molecule has 0 amide bonds. The first-order valence-corrected chi connectivity index (χ1v) is 11.7.